The molecule has 2 atom stereocenters. The molecule has 0 aromatic carbocycles. The first-order valence-electron chi connectivity index (χ1n) is 7.14. The predicted molar refractivity (Wildman–Crippen MR) is 71.8 cm³/mol. The molecule has 2 heteroatoms. The molecule has 1 fully saturated rings. The first kappa shape index (κ1) is 14.0. The van der Waals surface area contributed by atoms with Gasteiger partial charge < -0.3 is 10.2 Å². The third-order valence-electron chi connectivity index (χ3n) is 3.78. The van der Waals surface area contributed by atoms with Crippen LogP contribution < -0.4 is 5.32 Å². The molecule has 1 aliphatic heterocycles. The molecule has 1 rings (SSSR count). The summed E-state index contributed by atoms with van der Waals surface area (Å²) in [4.78, 5) is 2.63. The van der Waals surface area contributed by atoms with Crippen LogP contribution in [0, 0.1) is 5.92 Å². The van der Waals surface area contributed by atoms with Crippen LogP contribution in [0.15, 0.2) is 0 Å². The lowest BCUT2D eigenvalue weighted by Gasteiger charge is -2.34. The normalized spacial score (nSPS) is 24.9. The third-order valence-corrected chi connectivity index (χ3v) is 3.78. The Kier molecular flexibility index (Phi) is 6.37. The summed E-state index contributed by atoms with van der Waals surface area (Å²) < 4.78 is 0. The molecule has 1 saturated heterocycles. The zero-order valence-corrected chi connectivity index (χ0v) is 11.6. The summed E-state index contributed by atoms with van der Waals surface area (Å²) in [5, 5.41) is 3.74. The number of nitrogens with one attached hydrogen (secondary N) is 1. The van der Waals surface area contributed by atoms with E-state index in [9.17, 15) is 0 Å². The van der Waals surface area contributed by atoms with E-state index in [4.69, 9.17) is 0 Å². The summed E-state index contributed by atoms with van der Waals surface area (Å²) in [5.41, 5.74) is 0. The van der Waals surface area contributed by atoms with Gasteiger partial charge in [-0.15, -0.1) is 0 Å². The van der Waals surface area contributed by atoms with Gasteiger partial charge >= 0.3 is 0 Å². The fourth-order valence-electron chi connectivity index (χ4n) is 2.82. The molecular weight excluding hydrogens is 196 g/mol. The fraction of sp³-hybridized carbons (Fsp3) is 1.00. The summed E-state index contributed by atoms with van der Waals surface area (Å²) in [6.07, 6.45) is 5.30. The van der Waals surface area contributed by atoms with Gasteiger partial charge in [-0.3, -0.25) is 0 Å². The van der Waals surface area contributed by atoms with Crippen LogP contribution in [0.3, 0.4) is 0 Å². The van der Waals surface area contributed by atoms with Crippen molar-refractivity contribution in [2.24, 2.45) is 5.92 Å². The maximum absolute atomic E-state index is 3.74. The Labute approximate surface area is 102 Å². The van der Waals surface area contributed by atoms with Crippen molar-refractivity contribution < 1.29 is 0 Å². The van der Waals surface area contributed by atoms with Crippen molar-refractivity contribution in [1.29, 1.82) is 0 Å². The monoisotopic (exact) mass is 226 g/mol. The summed E-state index contributed by atoms with van der Waals surface area (Å²) >= 11 is 0. The number of hydrogen-bond acceptors (Lipinski definition) is 2. The van der Waals surface area contributed by atoms with E-state index in [1.165, 1.54) is 45.3 Å². The highest BCUT2D eigenvalue weighted by atomic mass is 15.2. The van der Waals surface area contributed by atoms with Crippen LogP contribution in [0.2, 0.25) is 0 Å². The number of nitrogens with zero attached hydrogens (tertiary/aromatic N) is 1. The Hall–Kier alpha value is -0.0800. The molecular formula is C14H30N2. The fourth-order valence-corrected chi connectivity index (χ4v) is 2.82. The van der Waals surface area contributed by atoms with E-state index in [1.54, 1.807) is 0 Å². The second-order valence-corrected chi connectivity index (χ2v) is 5.59. The Morgan fingerprint density at radius 3 is 2.56 bits per heavy atom. The third kappa shape index (κ3) is 4.84. The van der Waals surface area contributed by atoms with Crippen molar-refractivity contribution in [3.8, 4) is 0 Å². The predicted octanol–water partition coefficient (Wildman–Crippen LogP) is 2.89. The number of hydrogen-bond donors (Lipinski definition) is 1. The number of rotatable bonds is 6. The van der Waals surface area contributed by atoms with Crippen molar-refractivity contribution in [1.82, 2.24) is 10.2 Å². The minimum absolute atomic E-state index is 0.634. The van der Waals surface area contributed by atoms with Gasteiger partial charge in [0, 0.05) is 25.2 Å². The Morgan fingerprint density at radius 1 is 1.31 bits per heavy atom. The van der Waals surface area contributed by atoms with E-state index < -0.39 is 0 Å². The average molecular weight is 226 g/mol. The lowest BCUT2D eigenvalue weighted by atomic mass is 10.00. The maximum Gasteiger partial charge on any atom is 0.0169 e. The van der Waals surface area contributed by atoms with Crippen molar-refractivity contribution in [2.75, 3.05) is 19.6 Å². The van der Waals surface area contributed by atoms with Crippen LogP contribution in [-0.4, -0.2) is 36.6 Å². The first-order valence-corrected chi connectivity index (χ1v) is 7.14. The molecule has 16 heavy (non-hydrogen) atoms. The average Bonchev–Trinajstić information content (AvgIpc) is 2.26. The van der Waals surface area contributed by atoms with Gasteiger partial charge in [0.2, 0.25) is 0 Å². The molecule has 2 nitrogen and oxygen atoms in total. The molecule has 1 aliphatic rings. The molecule has 1 N–H and O–H groups in total. The van der Waals surface area contributed by atoms with Gasteiger partial charge in [-0.1, -0.05) is 20.8 Å². The van der Waals surface area contributed by atoms with Crippen LogP contribution in [-0.2, 0) is 0 Å². The van der Waals surface area contributed by atoms with Gasteiger partial charge in [0.1, 0.15) is 0 Å². The van der Waals surface area contributed by atoms with E-state index in [2.05, 4.69) is 37.9 Å². The van der Waals surface area contributed by atoms with Gasteiger partial charge in [-0.05, 0) is 45.1 Å². The van der Waals surface area contributed by atoms with Gasteiger partial charge in [0.25, 0.3) is 0 Å². The van der Waals surface area contributed by atoms with Gasteiger partial charge in [0.05, 0.1) is 0 Å². The molecule has 0 radical (unpaired) electrons. The van der Waals surface area contributed by atoms with Crippen molar-refractivity contribution in [3.63, 3.8) is 0 Å². The molecule has 1 heterocycles. The van der Waals surface area contributed by atoms with Crippen LogP contribution in [0.1, 0.15) is 53.4 Å². The molecule has 0 saturated carbocycles. The number of likely N-dealkylation sites (tertiary alicyclic amines) is 1. The van der Waals surface area contributed by atoms with Crippen molar-refractivity contribution in [2.45, 2.75) is 65.5 Å². The molecule has 2 unspecified atom stereocenters. The molecule has 0 aliphatic carbocycles. The molecule has 0 aromatic heterocycles. The largest absolute Gasteiger partial charge is 0.310 e. The lowest BCUT2D eigenvalue weighted by molar-refractivity contribution is 0.166. The highest BCUT2D eigenvalue weighted by molar-refractivity contribution is 4.76. The Balaban J connectivity index is 2.24. The molecule has 0 bridgehead atoms. The van der Waals surface area contributed by atoms with Crippen LogP contribution in [0.5, 0.6) is 0 Å². The summed E-state index contributed by atoms with van der Waals surface area (Å²) in [6.45, 7) is 13.1. The van der Waals surface area contributed by atoms with Gasteiger partial charge in [-0.2, -0.15) is 0 Å². The topological polar surface area (TPSA) is 15.3 Å². The Bertz CT molecular complexity index is 178. The van der Waals surface area contributed by atoms with Crippen LogP contribution >= 0.6 is 0 Å². The van der Waals surface area contributed by atoms with Gasteiger partial charge in [-0.25, -0.2) is 0 Å². The van der Waals surface area contributed by atoms with Crippen molar-refractivity contribution >= 4 is 0 Å². The van der Waals surface area contributed by atoms with E-state index in [0.717, 1.165) is 5.92 Å². The highest BCUT2D eigenvalue weighted by Crippen LogP contribution is 2.15. The molecule has 0 amide bonds. The Morgan fingerprint density at radius 2 is 2.00 bits per heavy atom. The molecule has 0 spiro atoms. The smallest absolute Gasteiger partial charge is 0.0169 e. The molecule has 0 aromatic rings. The van der Waals surface area contributed by atoms with E-state index >= 15 is 0 Å². The minimum atomic E-state index is 0.634. The van der Waals surface area contributed by atoms with E-state index in [1.807, 2.05) is 0 Å². The summed E-state index contributed by atoms with van der Waals surface area (Å²) in [7, 11) is 0. The second kappa shape index (κ2) is 7.29. The zero-order chi connectivity index (χ0) is 12.0. The quantitative estimate of drug-likeness (QED) is 0.749. The minimum Gasteiger partial charge on any atom is -0.310 e. The first-order chi connectivity index (χ1) is 7.65. The maximum atomic E-state index is 3.74. The van der Waals surface area contributed by atoms with Crippen molar-refractivity contribution in [3.05, 3.63) is 0 Å². The number of piperidine rings is 1. The van der Waals surface area contributed by atoms with Crippen LogP contribution in [0.25, 0.3) is 0 Å². The summed E-state index contributed by atoms with van der Waals surface area (Å²) in [6, 6.07) is 1.34. The second-order valence-electron chi connectivity index (χ2n) is 5.59. The summed E-state index contributed by atoms with van der Waals surface area (Å²) in [5.74, 6) is 0.897. The zero-order valence-electron chi connectivity index (χ0n) is 11.6. The van der Waals surface area contributed by atoms with Gasteiger partial charge in [0.15, 0.2) is 0 Å². The lowest BCUT2D eigenvalue weighted by Crippen LogP contribution is -2.46. The SMILES string of the molecule is CCC(CC)NC(C)CN1CCCC(C)C1. The van der Waals surface area contributed by atoms with E-state index in [0.29, 0.717) is 12.1 Å². The van der Waals surface area contributed by atoms with Crippen LogP contribution in [0.4, 0.5) is 0 Å². The standard InChI is InChI=1S/C14H30N2/c1-5-14(6-2)15-13(4)11-16-9-7-8-12(3)10-16/h12-15H,5-11H2,1-4H3. The molecule has 96 valence electrons. The van der Waals surface area contributed by atoms with E-state index in [-0.39, 0.29) is 0 Å². The highest BCUT2D eigenvalue weighted by Gasteiger charge is 2.18.